The molecule has 0 unspecified atom stereocenters. The van der Waals surface area contributed by atoms with E-state index in [-0.39, 0.29) is 5.91 Å². The zero-order chi connectivity index (χ0) is 23.1. The number of benzene rings is 3. The van der Waals surface area contributed by atoms with E-state index in [0.717, 1.165) is 27.8 Å². The Kier molecular flexibility index (Phi) is 5.38. The lowest BCUT2D eigenvalue weighted by molar-refractivity contribution is 0.0730. The van der Waals surface area contributed by atoms with E-state index < -0.39 is 0 Å². The van der Waals surface area contributed by atoms with Crippen LogP contribution in [0.1, 0.15) is 21.6 Å². The van der Waals surface area contributed by atoms with Gasteiger partial charge in [0.2, 0.25) is 0 Å². The number of phenols is 1. The molecule has 1 amide bonds. The normalized spacial score (nSPS) is 13.1. The Morgan fingerprint density at radius 3 is 2.55 bits per heavy atom. The molecule has 2 heterocycles. The third kappa shape index (κ3) is 3.87. The first-order chi connectivity index (χ1) is 15.9. The van der Waals surface area contributed by atoms with Crippen LogP contribution in [0.15, 0.2) is 60.7 Å². The number of aromatic nitrogens is 2. The minimum atomic E-state index is -0.148. The second-order valence-electron chi connectivity index (χ2n) is 8.36. The van der Waals surface area contributed by atoms with Crippen LogP contribution in [-0.4, -0.2) is 46.5 Å². The molecule has 1 aliphatic rings. The highest BCUT2D eigenvalue weighted by Crippen LogP contribution is 2.36. The number of anilines is 1. The van der Waals surface area contributed by atoms with Crippen LogP contribution in [0, 0.1) is 0 Å². The van der Waals surface area contributed by atoms with Crippen LogP contribution in [0.3, 0.4) is 0 Å². The molecule has 0 bridgehead atoms. The molecule has 33 heavy (non-hydrogen) atoms. The molecule has 0 saturated carbocycles. The van der Waals surface area contributed by atoms with E-state index in [1.807, 2.05) is 67.5 Å². The first-order valence-corrected chi connectivity index (χ1v) is 11.1. The molecule has 0 spiro atoms. The van der Waals surface area contributed by atoms with Crippen LogP contribution in [0.4, 0.5) is 5.69 Å². The fraction of sp³-hybridized carbons (Fsp3) is 0.192. The molecular formula is C26H23ClN4O2. The third-order valence-corrected chi connectivity index (χ3v) is 6.28. The van der Waals surface area contributed by atoms with Crippen molar-refractivity contribution in [3.8, 4) is 17.1 Å². The molecule has 6 nitrogen and oxygen atoms in total. The van der Waals surface area contributed by atoms with Crippen molar-refractivity contribution in [3.05, 3.63) is 82.5 Å². The number of rotatable bonds is 3. The van der Waals surface area contributed by atoms with Crippen molar-refractivity contribution < 1.29 is 9.90 Å². The number of carbonyl (C=O) groups is 1. The minimum absolute atomic E-state index is 0.148. The maximum Gasteiger partial charge on any atom is 0.273 e. The quantitative estimate of drug-likeness (QED) is 0.472. The summed E-state index contributed by atoms with van der Waals surface area (Å²) in [5.41, 5.74) is 4.52. The summed E-state index contributed by atoms with van der Waals surface area (Å²) < 4.78 is 0. The van der Waals surface area contributed by atoms with E-state index in [0.29, 0.717) is 47.3 Å². The molecule has 1 N–H and O–H groups in total. The Morgan fingerprint density at radius 1 is 1.03 bits per heavy atom. The van der Waals surface area contributed by atoms with Crippen molar-refractivity contribution in [2.24, 2.45) is 0 Å². The number of hydrogen-bond acceptors (Lipinski definition) is 5. The molecule has 1 aromatic heterocycles. The van der Waals surface area contributed by atoms with Crippen molar-refractivity contribution in [1.29, 1.82) is 0 Å². The number of nitrogens with zero attached hydrogens (tertiary/aromatic N) is 4. The van der Waals surface area contributed by atoms with E-state index in [9.17, 15) is 9.90 Å². The second-order valence-corrected chi connectivity index (χ2v) is 8.80. The summed E-state index contributed by atoms with van der Waals surface area (Å²) in [5.74, 6) is 0.632. The number of halogens is 1. The predicted molar refractivity (Wildman–Crippen MR) is 131 cm³/mol. The number of para-hydroxylation sites is 1. The van der Waals surface area contributed by atoms with Gasteiger partial charge in [0.25, 0.3) is 5.91 Å². The smallest absolute Gasteiger partial charge is 0.273 e. The number of amides is 1. The molecule has 1 aliphatic heterocycles. The van der Waals surface area contributed by atoms with Gasteiger partial charge < -0.3 is 14.9 Å². The summed E-state index contributed by atoms with van der Waals surface area (Å²) >= 11 is 6.03. The van der Waals surface area contributed by atoms with Crippen molar-refractivity contribution >= 4 is 34.1 Å². The molecule has 0 atom stereocenters. The van der Waals surface area contributed by atoms with Gasteiger partial charge in [-0.25, -0.2) is 9.97 Å². The highest BCUT2D eigenvalue weighted by atomic mass is 35.5. The van der Waals surface area contributed by atoms with Gasteiger partial charge in [-0.05, 0) is 48.4 Å². The molecule has 4 aromatic rings. The van der Waals surface area contributed by atoms with Gasteiger partial charge in [-0.2, -0.15) is 0 Å². The van der Waals surface area contributed by atoms with Crippen LogP contribution in [-0.2, 0) is 13.0 Å². The largest absolute Gasteiger partial charge is 0.505 e. The summed E-state index contributed by atoms with van der Waals surface area (Å²) in [7, 11) is 3.80. The number of phenolic OH excluding ortho intramolecular Hbond substituents is 1. The lowest BCUT2D eigenvalue weighted by Crippen LogP contribution is -2.36. The van der Waals surface area contributed by atoms with Crippen molar-refractivity contribution in [2.45, 2.75) is 13.0 Å². The minimum Gasteiger partial charge on any atom is -0.505 e. The first-order valence-electron chi connectivity index (χ1n) is 10.8. The maximum atomic E-state index is 13.7. The lowest BCUT2D eigenvalue weighted by atomic mass is 9.97. The molecule has 7 heteroatoms. The SMILES string of the molecule is CN(C)c1ccc2c(c1O)CCN(C(=O)c1nc(-c3ccc(Cl)cc3)nc3ccccc13)C2. The zero-order valence-electron chi connectivity index (χ0n) is 18.4. The van der Waals surface area contributed by atoms with Crippen molar-refractivity contribution in [3.63, 3.8) is 0 Å². The summed E-state index contributed by atoms with van der Waals surface area (Å²) in [5, 5.41) is 12.0. The Labute approximate surface area is 197 Å². The van der Waals surface area contributed by atoms with Crippen LogP contribution >= 0.6 is 11.6 Å². The fourth-order valence-electron chi connectivity index (χ4n) is 4.28. The summed E-state index contributed by atoms with van der Waals surface area (Å²) in [4.78, 5) is 26.7. The maximum absolute atomic E-state index is 13.7. The van der Waals surface area contributed by atoms with E-state index in [1.54, 1.807) is 17.0 Å². The predicted octanol–water partition coefficient (Wildman–Crippen LogP) is 4.92. The van der Waals surface area contributed by atoms with Gasteiger partial charge in [0.1, 0.15) is 11.4 Å². The van der Waals surface area contributed by atoms with Crippen LogP contribution in [0.5, 0.6) is 5.75 Å². The summed E-state index contributed by atoms with van der Waals surface area (Å²) in [6, 6.07) is 18.7. The third-order valence-electron chi connectivity index (χ3n) is 6.03. The molecule has 5 rings (SSSR count). The van der Waals surface area contributed by atoms with Gasteiger partial charge in [-0.15, -0.1) is 0 Å². The van der Waals surface area contributed by atoms with Crippen LogP contribution in [0.25, 0.3) is 22.3 Å². The van der Waals surface area contributed by atoms with Gasteiger partial charge in [-0.1, -0.05) is 35.9 Å². The second kappa shape index (κ2) is 8.37. The molecule has 0 fully saturated rings. The molecule has 166 valence electrons. The van der Waals surface area contributed by atoms with E-state index in [2.05, 4.69) is 9.97 Å². The topological polar surface area (TPSA) is 69.6 Å². The summed E-state index contributed by atoms with van der Waals surface area (Å²) in [6.45, 7) is 0.926. The van der Waals surface area contributed by atoms with Crippen LogP contribution in [0.2, 0.25) is 5.02 Å². The zero-order valence-corrected chi connectivity index (χ0v) is 19.2. The van der Waals surface area contributed by atoms with Crippen molar-refractivity contribution in [1.82, 2.24) is 14.9 Å². The molecule has 0 aliphatic carbocycles. The average molecular weight is 459 g/mol. The number of carbonyl (C=O) groups excluding carboxylic acids is 1. The Bertz CT molecular complexity index is 1370. The highest BCUT2D eigenvalue weighted by Gasteiger charge is 2.27. The Hall–Kier alpha value is -3.64. The van der Waals surface area contributed by atoms with Gasteiger partial charge >= 0.3 is 0 Å². The van der Waals surface area contributed by atoms with E-state index in [4.69, 9.17) is 11.6 Å². The van der Waals surface area contributed by atoms with Gasteiger partial charge in [0, 0.05) is 48.7 Å². The standard InChI is InChI=1S/C26H23ClN4O2/c1-30(2)22-12-9-17-15-31(14-13-19(17)24(22)32)26(33)23-20-5-3-4-6-21(20)28-25(29-23)16-7-10-18(27)11-8-16/h3-12,32H,13-15H2,1-2H3. The number of fused-ring (bicyclic) bond motifs is 2. The Balaban J connectivity index is 1.53. The van der Waals surface area contributed by atoms with Gasteiger partial charge in [0.15, 0.2) is 5.82 Å². The van der Waals surface area contributed by atoms with E-state index >= 15 is 0 Å². The molecular weight excluding hydrogens is 436 g/mol. The highest BCUT2D eigenvalue weighted by molar-refractivity contribution is 6.30. The first kappa shape index (κ1) is 21.2. The molecule has 0 radical (unpaired) electrons. The monoisotopic (exact) mass is 458 g/mol. The summed E-state index contributed by atoms with van der Waals surface area (Å²) in [6.07, 6.45) is 0.585. The average Bonchev–Trinajstić information content (AvgIpc) is 2.83. The lowest BCUT2D eigenvalue weighted by Gasteiger charge is -2.30. The fourth-order valence-corrected chi connectivity index (χ4v) is 4.40. The van der Waals surface area contributed by atoms with Crippen LogP contribution < -0.4 is 4.90 Å². The Morgan fingerprint density at radius 2 is 1.79 bits per heavy atom. The van der Waals surface area contributed by atoms with Gasteiger partial charge in [0.05, 0.1) is 11.2 Å². The molecule has 0 saturated heterocycles. The van der Waals surface area contributed by atoms with E-state index in [1.165, 1.54) is 0 Å². The number of aromatic hydroxyl groups is 1. The number of hydrogen-bond donors (Lipinski definition) is 1. The van der Waals surface area contributed by atoms with Gasteiger partial charge in [-0.3, -0.25) is 4.79 Å². The van der Waals surface area contributed by atoms with Crippen molar-refractivity contribution in [2.75, 3.05) is 25.5 Å². The molecule has 3 aromatic carbocycles.